The fourth-order valence-electron chi connectivity index (χ4n) is 3.03. The van der Waals surface area contributed by atoms with Gasteiger partial charge < -0.3 is 23.5 Å². The van der Waals surface area contributed by atoms with Gasteiger partial charge in [-0.1, -0.05) is 16.8 Å². The number of hydrogen-bond donors (Lipinski definition) is 0. The van der Waals surface area contributed by atoms with Gasteiger partial charge in [0, 0.05) is 30.9 Å². The highest BCUT2D eigenvalue weighted by atomic mass is 35.5. The van der Waals surface area contributed by atoms with Gasteiger partial charge in [0.05, 0.1) is 6.10 Å². The Hall–Kier alpha value is -2.75. The number of esters is 2. The molecule has 1 aromatic carbocycles. The van der Waals surface area contributed by atoms with Crippen LogP contribution < -0.4 is 0 Å². The second-order valence-electron chi connectivity index (χ2n) is 7.31. The van der Waals surface area contributed by atoms with Crippen molar-refractivity contribution in [3.63, 3.8) is 0 Å². The first-order valence-corrected chi connectivity index (χ1v) is 10.6. The molecule has 9 nitrogen and oxygen atoms in total. The van der Waals surface area contributed by atoms with Crippen LogP contribution in [0.4, 0.5) is 0 Å². The molecule has 1 aromatic heterocycles. The second kappa shape index (κ2) is 11.2. The minimum atomic E-state index is -0.676. The van der Waals surface area contributed by atoms with Crippen molar-refractivity contribution in [1.82, 2.24) is 10.1 Å². The zero-order chi connectivity index (χ0) is 23.1. The molecule has 4 atom stereocenters. The van der Waals surface area contributed by atoms with Crippen LogP contribution in [0.3, 0.4) is 0 Å². The van der Waals surface area contributed by atoms with Crippen LogP contribution in [0.25, 0.3) is 11.4 Å². The minimum Gasteiger partial charge on any atom is -0.463 e. The molecule has 172 valence electrons. The Bertz CT molecular complexity index is 944. The Balaban J connectivity index is 1.51. The second-order valence-corrected chi connectivity index (χ2v) is 7.74. The van der Waals surface area contributed by atoms with Crippen molar-refractivity contribution in [2.45, 2.75) is 58.2 Å². The summed E-state index contributed by atoms with van der Waals surface area (Å²) < 4.78 is 27.3. The van der Waals surface area contributed by atoms with Crippen LogP contribution in [0.1, 0.15) is 33.1 Å². The van der Waals surface area contributed by atoms with Crippen molar-refractivity contribution in [3.05, 3.63) is 47.3 Å². The molecule has 0 aliphatic carbocycles. The molecule has 0 radical (unpaired) electrons. The molecule has 2 heterocycles. The molecule has 3 rings (SSSR count). The van der Waals surface area contributed by atoms with E-state index in [1.54, 1.807) is 24.3 Å². The molecule has 0 N–H and O–H groups in total. The lowest BCUT2D eigenvalue weighted by Crippen LogP contribution is -2.42. The summed E-state index contributed by atoms with van der Waals surface area (Å²) in [5.74, 6) is 0.0798. The highest BCUT2D eigenvalue weighted by molar-refractivity contribution is 6.30. The maximum Gasteiger partial charge on any atom is 0.303 e. The average Bonchev–Trinajstić information content (AvgIpc) is 3.21. The molecule has 0 saturated heterocycles. The van der Waals surface area contributed by atoms with E-state index in [0.29, 0.717) is 29.6 Å². The van der Waals surface area contributed by atoms with E-state index in [-0.39, 0.29) is 12.7 Å². The zero-order valence-electron chi connectivity index (χ0n) is 18.0. The average molecular weight is 465 g/mol. The summed E-state index contributed by atoms with van der Waals surface area (Å²) in [6.07, 6.45) is 2.27. The summed E-state index contributed by atoms with van der Waals surface area (Å²) in [6.45, 7) is 4.44. The molecule has 32 heavy (non-hydrogen) atoms. The van der Waals surface area contributed by atoms with Crippen molar-refractivity contribution in [2.75, 3.05) is 6.61 Å². The summed E-state index contributed by atoms with van der Waals surface area (Å²) in [5, 5.41) is 4.63. The smallest absolute Gasteiger partial charge is 0.303 e. The lowest BCUT2D eigenvalue weighted by atomic mass is 10.1. The maximum atomic E-state index is 11.3. The molecule has 0 unspecified atom stereocenters. The predicted molar refractivity (Wildman–Crippen MR) is 114 cm³/mol. The highest BCUT2D eigenvalue weighted by Crippen LogP contribution is 2.21. The van der Waals surface area contributed by atoms with E-state index >= 15 is 0 Å². The number of nitrogens with zero attached hydrogens (tertiary/aromatic N) is 2. The third-order valence-corrected chi connectivity index (χ3v) is 4.84. The highest BCUT2D eigenvalue weighted by Gasteiger charge is 2.31. The Morgan fingerprint density at radius 1 is 1.16 bits per heavy atom. The van der Waals surface area contributed by atoms with Gasteiger partial charge in [-0.3, -0.25) is 9.59 Å². The summed E-state index contributed by atoms with van der Waals surface area (Å²) in [5.41, 5.74) is 0.815. The van der Waals surface area contributed by atoms with Crippen LogP contribution in [0.5, 0.6) is 0 Å². The van der Waals surface area contributed by atoms with Crippen molar-refractivity contribution >= 4 is 23.5 Å². The van der Waals surface area contributed by atoms with Crippen LogP contribution in [0.2, 0.25) is 5.02 Å². The van der Waals surface area contributed by atoms with Gasteiger partial charge in [0.25, 0.3) is 0 Å². The molecule has 1 aliphatic heterocycles. The number of aryl methyl sites for hydroxylation is 1. The van der Waals surface area contributed by atoms with Crippen molar-refractivity contribution in [2.24, 2.45) is 0 Å². The number of aromatic nitrogens is 2. The van der Waals surface area contributed by atoms with Crippen molar-refractivity contribution in [1.29, 1.82) is 0 Å². The van der Waals surface area contributed by atoms with E-state index in [0.717, 1.165) is 5.56 Å². The van der Waals surface area contributed by atoms with Gasteiger partial charge in [0.2, 0.25) is 11.7 Å². The Morgan fingerprint density at radius 2 is 1.91 bits per heavy atom. The number of rotatable bonds is 9. The first-order valence-electron chi connectivity index (χ1n) is 10.2. The summed E-state index contributed by atoms with van der Waals surface area (Å²) >= 11 is 5.90. The van der Waals surface area contributed by atoms with Crippen molar-refractivity contribution < 1.29 is 33.1 Å². The predicted octanol–water partition coefficient (Wildman–Crippen LogP) is 3.50. The van der Waals surface area contributed by atoms with Gasteiger partial charge in [-0.2, -0.15) is 4.98 Å². The number of halogens is 1. The van der Waals surface area contributed by atoms with Gasteiger partial charge in [-0.15, -0.1) is 0 Å². The molecule has 0 saturated carbocycles. The van der Waals surface area contributed by atoms with Gasteiger partial charge in [-0.25, -0.2) is 0 Å². The topological polar surface area (TPSA) is 110 Å². The van der Waals surface area contributed by atoms with E-state index in [9.17, 15) is 9.59 Å². The Labute approximate surface area is 190 Å². The Morgan fingerprint density at radius 3 is 2.59 bits per heavy atom. The van der Waals surface area contributed by atoms with E-state index < -0.39 is 30.4 Å². The molecule has 0 fully saturated rings. The third kappa shape index (κ3) is 7.15. The number of benzene rings is 1. The Kier molecular flexibility index (Phi) is 8.38. The summed E-state index contributed by atoms with van der Waals surface area (Å²) in [6, 6.07) is 7.18. The van der Waals surface area contributed by atoms with Gasteiger partial charge in [-0.05, 0) is 49.8 Å². The first-order chi connectivity index (χ1) is 15.3. The number of carbonyl (C=O) groups is 2. The van der Waals surface area contributed by atoms with E-state index in [1.807, 2.05) is 19.1 Å². The SMILES string of the molecule is CC(=O)OC[C@H]1O[C@H](O[C@H](C)CCc2nc(-c3ccc(Cl)cc3)no2)C=C[C@@H]1OC(C)=O. The molecular weight excluding hydrogens is 440 g/mol. The van der Waals surface area contributed by atoms with Gasteiger partial charge >= 0.3 is 11.9 Å². The van der Waals surface area contributed by atoms with Gasteiger partial charge in [0.15, 0.2) is 6.29 Å². The molecule has 10 heteroatoms. The molecule has 0 amide bonds. The summed E-state index contributed by atoms with van der Waals surface area (Å²) in [7, 11) is 0. The van der Waals surface area contributed by atoms with E-state index in [4.69, 9.17) is 35.1 Å². The monoisotopic (exact) mass is 464 g/mol. The molecule has 0 bridgehead atoms. The van der Waals surface area contributed by atoms with Crippen LogP contribution >= 0.6 is 11.6 Å². The van der Waals surface area contributed by atoms with Gasteiger partial charge in [0.1, 0.15) is 18.8 Å². The molecule has 0 spiro atoms. The fraction of sp³-hybridized carbons (Fsp3) is 0.455. The van der Waals surface area contributed by atoms with Crippen LogP contribution in [0, 0.1) is 0 Å². The quantitative estimate of drug-likeness (QED) is 0.406. The number of ether oxygens (including phenoxy) is 4. The molecule has 1 aliphatic rings. The lowest BCUT2D eigenvalue weighted by molar-refractivity contribution is -0.208. The number of carbonyl (C=O) groups excluding carboxylic acids is 2. The standard InChI is InChI=1S/C22H25ClN2O7/c1-13(4-10-20-24-22(25-32-20)16-5-7-17(23)8-6-16)29-21-11-9-18(30-15(3)27)19(31-21)12-28-14(2)26/h5-9,11,13,18-19,21H,4,10,12H2,1-3H3/t13-,18+,19-,21+/m1/s1. The van der Waals surface area contributed by atoms with Crippen LogP contribution in [-0.2, 0) is 35.0 Å². The van der Waals surface area contributed by atoms with Crippen molar-refractivity contribution in [3.8, 4) is 11.4 Å². The normalized spacial score (nSPS) is 21.2. The van der Waals surface area contributed by atoms with E-state index in [1.165, 1.54) is 13.8 Å². The zero-order valence-corrected chi connectivity index (χ0v) is 18.8. The van der Waals surface area contributed by atoms with E-state index in [2.05, 4.69) is 10.1 Å². The lowest BCUT2D eigenvalue weighted by Gasteiger charge is -2.32. The third-order valence-electron chi connectivity index (χ3n) is 4.59. The maximum absolute atomic E-state index is 11.3. The van der Waals surface area contributed by atoms with Crippen LogP contribution in [-0.4, -0.2) is 53.3 Å². The summed E-state index contributed by atoms with van der Waals surface area (Å²) in [4.78, 5) is 26.8. The largest absolute Gasteiger partial charge is 0.463 e. The molecule has 2 aromatic rings. The fourth-order valence-corrected chi connectivity index (χ4v) is 3.16. The first kappa shape index (κ1) is 23.9. The van der Waals surface area contributed by atoms with Crippen LogP contribution in [0.15, 0.2) is 40.9 Å². The molecular formula is C22H25ClN2O7. The minimum absolute atomic E-state index is 0.0542. The number of hydrogen-bond acceptors (Lipinski definition) is 9.